The van der Waals surface area contributed by atoms with Gasteiger partial charge in [0.05, 0.1) is 18.1 Å². The average molecular weight is 391 g/mol. The zero-order chi connectivity index (χ0) is 20.6. The molecule has 3 N–H and O–H groups in total. The Kier molecular flexibility index (Phi) is 6.86. The maximum Gasteiger partial charge on any atom is 0.251 e. The number of nitriles is 2. The van der Waals surface area contributed by atoms with E-state index in [-0.39, 0.29) is 23.8 Å². The number of H-pyrrole nitrogens is 1. The van der Waals surface area contributed by atoms with Crippen LogP contribution < -0.4 is 10.6 Å². The molecule has 1 aromatic carbocycles. The van der Waals surface area contributed by atoms with Gasteiger partial charge in [0, 0.05) is 35.1 Å². The number of carbonyl (C=O) groups excluding carboxylic acids is 2. The van der Waals surface area contributed by atoms with Gasteiger partial charge >= 0.3 is 0 Å². The highest BCUT2D eigenvalue weighted by molar-refractivity contribution is 5.98. The first kappa shape index (κ1) is 20.4. The van der Waals surface area contributed by atoms with Gasteiger partial charge in [0.1, 0.15) is 6.04 Å². The summed E-state index contributed by atoms with van der Waals surface area (Å²) in [4.78, 5) is 28.7. The van der Waals surface area contributed by atoms with Gasteiger partial charge in [-0.3, -0.25) is 9.59 Å². The van der Waals surface area contributed by atoms with Crippen LogP contribution in [-0.4, -0.2) is 28.9 Å². The lowest BCUT2D eigenvalue weighted by Gasteiger charge is -2.31. The third kappa shape index (κ3) is 5.14. The van der Waals surface area contributed by atoms with Gasteiger partial charge < -0.3 is 15.6 Å². The van der Waals surface area contributed by atoms with Crippen LogP contribution in [0.5, 0.6) is 0 Å². The van der Waals surface area contributed by atoms with E-state index in [0.717, 1.165) is 30.2 Å². The van der Waals surface area contributed by atoms with E-state index in [9.17, 15) is 14.9 Å². The minimum atomic E-state index is -0.606. The average Bonchev–Trinajstić information content (AvgIpc) is 3.21. The van der Waals surface area contributed by atoms with Gasteiger partial charge in [-0.2, -0.15) is 10.5 Å². The molecule has 1 aliphatic rings. The van der Waals surface area contributed by atoms with Crippen molar-refractivity contribution >= 4 is 22.7 Å². The number of carbonyl (C=O) groups is 2. The van der Waals surface area contributed by atoms with Crippen LogP contribution in [0.4, 0.5) is 0 Å². The van der Waals surface area contributed by atoms with Crippen molar-refractivity contribution in [3.8, 4) is 12.1 Å². The molecule has 29 heavy (non-hydrogen) atoms. The zero-order valence-electron chi connectivity index (χ0n) is 16.3. The number of aromatic nitrogens is 1. The molecule has 1 unspecified atom stereocenters. The van der Waals surface area contributed by atoms with Crippen molar-refractivity contribution in [1.82, 2.24) is 15.6 Å². The SMILES string of the molecule is N#CCCCC(C#N)NC(=O)[C@@H]1CCCC[C@@H]1NC(=O)c1ccc2[nH]ccc2c1. The Morgan fingerprint density at radius 3 is 2.83 bits per heavy atom. The van der Waals surface area contributed by atoms with E-state index in [0.29, 0.717) is 31.2 Å². The second kappa shape index (κ2) is 9.75. The summed E-state index contributed by atoms with van der Waals surface area (Å²) in [6, 6.07) is 10.7. The summed E-state index contributed by atoms with van der Waals surface area (Å²) in [7, 11) is 0. The summed E-state index contributed by atoms with van der Waals surface area (Å²) in [6.07, 6.45) is 6.52. The molecule has 1 heterocycles. The van der Waals surface area contributed by atoms with Gasteiger partial charge in [0.25, 0.3) is 5.91 Å². The lowest BCUT2D eigenvalue weighted by molar-refractivity contribution is -0.127. The molecule has 1 saturated carbocycles. The minimum absolute atomic E-state index is 0.191. The van der Waals surface area contributed by atoms with Gasteiger partial charge in [-0.15, -0.1) is 0 Å². The van der Waals surface area contributed by atoms with Crippen molar-refractivity contribution < 1.29 is 9.59 Å². The standard InChI is InChI=1S/C22H25N5O2/c23-11-4-3-5-17(14-24)26-22(29)18-6-1-2-7-20(18)27-21(28)16-8-9-19-15(13-16)10-12-25-19/h8-10,12-13,17-18,20,25H,1-7H2,(H,26,29)(H,27,28)/t17?,18-,20+/m1/s1. The monoisotopic (exact) mass is 391 g/mol. The number of rotatable bonds is 7. The number of aromatic amines is 1. The molecule has 0 radical (unpaired) electrons. The van der Waals surface area contributed by atoms with E-state index in [2.05, 4.69) is 21.7 Å². The first-order valence-electron chi connectivity index (χ1n) is 10.1. The van der Waals surface area contributed by atoms with Crippen LogP contribution in [0.15, 0.2) is 30.5 Å². The highest BCUT2D eigenvalue weighted by atomic mass is 16.2. The quantitative estimate of drug-likeness (QED) is 0.628. The molecule has 0 spiro atoms. The number of hydrogen-bond acceptors (Lipinski definition) is 4. The zero-order valence-corrected chi connectivity index (χ0v) is 16.3. The predicted octanol–water partition coefficient (Wildman–Crippen LogP) is 3.16. The van der Waals surface area contributed by atoms with E-state index in [1.165, 1.54) is 0 Å². The normalized spacial score (nSPS) is 19.7. The lowest BCUT2D eigenvalue weighted by Crippen LogP contribution is -2.50. The summed E-state index contributed by atoms with van der Waals surface area (Å²) < 4.78 is 0. The number of benzene rings is 1. The smallest absolute Gasteiger partial charge is 0.251 e. The van der Waals surface area contributed by atoms with Gasteiger partial charge in [-0.05, 0) is 49.9 Å². The number of nitrogens with one attached hydrogen (secondary N) is 3. The molecule has 7 heteroatoms. The summed E-state index contributed by atoms with van der Waals surface area (Å²) in [5, 5.41) is 24.7. The second-order valence-corrected chi connectivity index (χ2v) is 7.49. The third-order valence-corrected chi connectivity index (χ3v) is 5.49. The van der Waals surface area contributed by atoms with Crippen molar-refractivity contribution in [2.75, 3.05) is 0 Å². The van der Waals surface area contributed by atoms with Crippen molar-refractivity contribution in [3.05, 3.63) is 36.0 Å². The number of hydrogen-bond donors (Lipinski definition) is 3. The van der Waals surface area contributed by atoms with Crippen molar-refractivity contribution in [2.45, 2.75) is 57.0 Å². The fourth-order valence-corrected chi connectivity index (χ4v) is 3.90. The van der Waals surface area contributed by atoms with Gasteiger partial charge in [-0.25, -0.2) is 0 Å². The molecule has 1 aromatic heterocycles. The Morgan fingerprint density at radius 2 is 2.03 bits per heavy atom. The van der Waals surface area contributed by atoms with Crippen molar-refractivity contribution in [2.24, 2.45) is 5.92 Å². The molecular weight excluding hydrogens is 366 g/mol. The maximum atomic E-state index is 12.8. The fraction of sp³-hybridized carbons (Fsp3) is 0.455. The van der Waals surface area contributed by atoms with E-state index < -0.39 is 6.04 Å². The van der Waals surface area contributed by atoms with Crippen LogP contribution in [0.25, 0.3) is 10.9 Å². The molecule has 3 atom stereocenters. The van der Waals surface area contributed by atoms with Crippen LogP contribution >= 0.6 is 0 Å². The first-order chi connectivity index (χ1) is 14.1. The number of fused-ring (bicyclic) bond motifs is 1. The Balaban J connectivity index is 1.64. The lowest BCUT2D eigenvalue weighted by atomic mass is 9.83. The number of amides is 2. The van der Waals surface area contributed by atoms with Crippen LogP contribution in [0, 0.1) is 28.6 Å². The Bertz CT molecular complexity index is 952. The number of nitrogens with zero attached hydrogens (tertiary/aromatic N) is 2. The molecule has 7 nitrogen and oxygen atoms in total. The van der Waals surface area contributed by atoms with Crippen LogP contribution in [-0.2, 0) is 4.79 Å². The van der Waals surface area contributed by atoms with E-state index in [1.54, 1.807) is 6.07 Å². The molecule has 1 fully saturated rings. The number of unbranched alkanes of at least 4 members (excludes halogenated alkanes) is 1. The molecule has 1 aliphatic carbocycles. The third-order valence-electron chi connectivity index (χ3n) is 5.49. The van der Waals surface area contributed by atoms with Crippen LogP contribution in [0.1, 0.15) is 55.3 Å². The van der Waals surface area contributed by atoms with Gasteiger partial charge in [0.2, 0.25) is 5.91 Å². The minimum Gasteiger partial charge on any atom is -0.361 e. The molecule has 3 rings (SSSR count). The topological polar surface area (TPSA) is 122 Å². The first-order valence-corrected chi connectivity index (χ1v) is 10.1. The van der Waals surface area contributed by atoms with E-state index in [4.69, 9.17) is 5.26 Å². The fourth-order valence-electron chi connectivity index (χ4n) is 3.90. The van der Waals surface area contributed by atoms with Crippen LogP contribution in [0.3, 0.4) is 0 Å². The van der Waals surface area contributed by atoms with E-state index >= 15 is 0 Å². The molecule has 150 valence electrons. The summed E-state index contributed by atoms with van der Waals surface area (Å²) in [6.45, 7) is 0. The van der Waals surface area contributed by atoms with Gasteiger partial charge in [0.15, 0.2) is 0 Å². The highest BCUT2D eigenvalue weighted by Crippen LogP contribution is 2.25. The van der Waals surface area contributed by atoms with Crippen LogP contribution in [0.2, 0.25) is 0 Å². The molecule has 2 amide bonds. The molecule has 2 aromatic rings. The summed E-state index contributed by atoms with van der Waals surface area (Å²) >= 11 is 0. The summed E-state index contributed by atoms with van der Waals surface area (Å²) in [5.41, 5.74) is 1.53. The van der Waals surface area contributed by atoms with Gasteiger partial charge in [-0.1, -0.05) is 12.8 Å². The van der Waals surface area contributed by atoms with E-state index in [1.807, 2.05) is 30.5 Å². The molecular formula is C22H25N5O2. The summed E-state index contributed by atoms with van der Waals surface area (Å²) in [5.74, 6) is -0.737. The molecule has 0 aliphatic heterocycles. The Labute approximate surface area is 170 Å². The molecule has 0 saturated heterocycles. The van der Waals surface area contributed by atoms with Crippen molar-refractivity contribution in [1.29, 1.82) is 10.5 Å². The second-order valence-electron chi connectivity index (χ2n) is 7.49. The Morgan fingerprint density at radius 1 is 1.21 bits per heavy atom. The van der Waals surface area contributed by atoms with Crippen molar-refractivity contribution in [3.63, 3.8) is 0 Å². The maximum absolute atomic E-state index is 12.8. The molecule has 0 bridgehead atoms. The highest BCUT2D eigenvalue weighted by Gasteiger charge is 2.33. The Hall–Kier alpha value is -3.32. The predicted molar refractivity (Wildman–Crippen MR) is 109 cm³/mol. The largest absolute Gasteiger partial charge is 0.361 e.